The number of aliphatic hydroxyl groups is 1. The van der Waals surface area contributed by atoms with Crippen LogP contribution in [0, 0.1) is 11.3 Å². The highest BCUT2D eigenvalue weighted by molar-refractivity contribution is 5.80. The van der Waals surface area contributed by atoms with Gasteiger partial charge in [0, 0.05) is 30.6 Å². The molecule has 5 nitrogen and oxygen atoms in total. The first-order chi connectivity index (χ1) is 13.1. The van der Waals surface area contributed by atoms with Gasteiger partial charge in [0.15, 0.2) is 0 Å². The Hall–Kier alpha value is -2.14. The summed E-state index contributed by atoms with van der Waals surface area (Å²) in [4.78, 5) is 14.3. The summed E-state index contributed by atoms with van der Waals surface area (Å²) in [6, 6.07) is 12.4. The summed E-state index contributed by atoms with van der Waals surface area (Å²) in [7, 11) is 0. The molecule has 2 aliphatic rings. The van der Waals surface area contributed by atoms with E-state index in [4.69, 9.17) is 5.10 Å². The number of carbonyl (C=O) groups is 1. The molecule has 2 fully saturated rings. The second-order valence-corrected chi connectivity index (χ2v) is 8.28. The lowest BCUT2D eigenvalue weighted by Gasteiger charge is -2.54. The maximum atomic E-state index is 12.4. The van der Waals surface area contributed by atoms with Crippen LogP contribution in [0.2, 0.25) is 0 Å². The van der Waals surface area contributed by atoms with Crippen LogP contribution in [0.1, 0.15) is 50.6 Å². The molecular weight excluding hydrogens is 338 g/mol. The number of rotatable bonds is 5. The van der Waals surface area contributed by atoms with E-state index in [1.807, 2.05) is 34.7 Å². The van der Waals surface area contributed by atoms with Crippen LogP contribution in [0.3, 0.4) is 0 Å². The van der Waals surface area contributed by atoms with Gasteiger partial charge in [-0.25, -0.2) is 4.68 Å². The molecule has 2 aromatic rings. The van der Waals surface area contributed by atoms with Crippen LogP contribution in [0.4, 0.5) is 0 Å². The maximum absolute atomic E-state index is 12.4. The zero-order chi connectivity index (χ0) is 18.9. The van der Waals surface area contributed by atoms with Gasteiger partial charge < -0.3 is 10.0 Å². The summed E-state index contributed by atoms with van der Waals surface area (Å²) in [6.07, 6.45) is 7.38. The van der Waals surface area contributed by atoms with Gasteiger partial charge in [0.1, 0.15) is 0 Å². The minimum atomic E-state index is -0.222. The maximum Gasteiger partial charge on any atom is 0.228 e. The topological polar surface area (TPSA) is 58.4 Å². The number of nitrogens with zero attached hydrogens (tertiary/aromatic N) is 3. The van der Waals surface area contributed by atoms with Gasteiger partial charge in [0.25, 0.3) is 0 Å². The fraction of sp³-hybridized carbons (Fsp3) is 0.545. The van der Waals surface area contributed by atoms with E-state index in [1.54, 1.807) is 0 Å². The van der Waals surface area contributed by atoms with Crippen LogP contribution in [-0.2, 0) is 4.79 Å². The molecule has 1 aliphatic heterocycles. The molecule has 4 rings (SSSR count). The van der Waals surface area contributed by atoms with E-state index in [1.165, 1.54) is 5.69 Å². The monoisotopic (exact) mass is 367 g/mol. The second-order valence-electron chi connectivity index (χ2n) is 8.28. The lowest BCUT2D eigenvalue weighted by Crippen LogP contribution is -2.60. The number of carbonyl (C=O) groups excluding carboxylic acids is 1. The highest BCUT2D eigenvalue weighted by Crippen LogP contribution is 2.48. The molecule has 1 aromatic carbocycles. The Morgan fingerprint density at radius 3 is 2.56 bits per heavy atom. The van der Waals surface area contributed by atoms with E-state index >= 15 is 0 Å². The van der Waals surface area contributed by atoms with E-state index in [0.29, 0.717) is 17.8 Å². The van der Waals surface area contributed by atoms with E-state index in [9.17, 15) is 9.90 Å². The van der Waals surface area contributed by atoms with Crippen molar-refractivity contribution in [3.63, 3.8) is 0 Å². The Morgan fingerprint density at radius 1 is 1.22 bits per heavy atom. The van der Waals surface area contributed by atoms with Crippen molar-refractivity contribution < 1.29 is 9.90 Å². The summed E-state index contributed by atoms with van der Waals surface area (Å²) in [5, 5.41) is 14.2. The molecule has 1 aliphatic carbocycles. The molecule has 1 spiro atoms. The first-order valence-electron chi connectivity index (χ1n) is 10.1. The van der Waals surface area contributed by atoms with Crippen molar-refractivity contribution in [2.24, 2.45) is 11.3 Å². The van der Waals surface area contributed by atoms with E-state index < -0.39 is 0 Å². The van der Waals surface area contributed by atoms with Crippen LogP contribution in [0.15, 0.2) is 42.6 Å². The lowest BCUT2D eigenvalue weighted by molar-refractivity contribution is -0.151. The van der Waals surface area contributed by atoms with Gasteiger partial charge in [-0.1, -0.05) is 25.1 Å². The molecule has 1 aromatic heterocycles. The molecule has 1 atom stereocenters. The van der Waals surface area contributed by atoms with Crippen LogP contribution >= 0.6 is 0 Å². The number of para-hydroxylation sites is 1. The molecule has 1 N–H and O–H groups in total. The van der Waals surface area contributed by atoms with Crippen molar-refractivity contribution in [2.75, 3.05) is 19.7 Å². The average Bonchev–Trinajstić information content (AvgIpc) is 3.18. The number of aliphatic hydroxyl groups excluding tert-OH is 1. The van der Waals surface area contributed by atoms with Crippen LogP contribution in [-0.4, -0.2) is 45.4 Å². The highest BCUT2D eigenvalue weighted by atomic mass is 16.3. The van der Waals surface area contributed by atoms with Gasteiger partial charge in [-0.2, -0.15) is 5.10 Å². The largest absolute Gasteiger partial charge is 0.396 e. The summed E-state index contributed by atoms with van der Waals surface area (Å²) in [5.41, 5.74) is 2.59. The van der Waals surface area contributed by atoms with Gasteiger partial charge in [-0.3, -0.25) is 4.79 Å². The fourth-order valence-corrected chi connectivity index (χ4v) is 4.68. The number of likely N-dealkylation sites (tertiary alicyclic amines) is 1. The summed E-state index contributed by atoms with van der Waals surface area (Å²) < 4.78 is 1.96. The van der Waals surface area contributed by atoms with Gasteiger partial charge in [0.05, 0.1) is 23.9 Å². The molecule has 27 heavy (non-hydrogen) atoms. The van der Waals surface area contributed by atoms with Gasteiger partial charge in [0.2, 0.25) is 5.91 Å². The van der Waals surface area contributed by atoms with E-state index in [2.05, 4.69) is 24.4 Å². The zero-order valence-corrected chi connectivity index (χ0v) is 16.1. The Kier molecular flexibility index (Phi) is 5.04. The van der Waals surface area contributed by atoms with Crippen molar-refractivity contribution >= 4 is 5.91 Å². The van der Waals surface area contributed by atoms with Gasteiger partial charge >= 0.3 is 0 Å². The summed E-state index contributed by atoms with van der Waals surface area (Å²) >= 11 is 0. The van der Waals surface area contributed by atoms with Crippen molar-refractivity contribution in [3.05, 3.63) is 48.3 Å². The smallest absolute Gasteiger partial charge is 0.228 e. The Labute approximate surface area is 161 Å². The number of hydrogen-bond acceptors (Lipinski definition) is 3. The first kappa shape index (κ1) is 18.2. The van der Waals surface area contributed by atoms with Gasteiger partial charge in [-0.15, -0.1) is 0 Å². The predicted octanol–water partition coefficient (Wildman–Crippen LogP) is 3.38. The Morgan fingerprint density at radius 2 is 1.93 bits per heavy atom. The third-order valence-corrected chi connectivity index (χ3v) is 6.52. The standard InChI is InChI=1S/C22H29N3O2/c1-2-17(14-26)21(27)24-15-22(16-24)11-8-18(9-12-22)20-10-13-25(23-20)19-6-4-3-5-7-19/h3-7,10,13,17-18,26H,2,8-9,11-12,14-16H2,1H3/t17-/m1/s1. The van der Waals surface area contributed by atoms with Crippen LogP contribution in [0.5, 0.6) is 0 Å². The number of amides is 1. The SMILES string of the molecule is CC[C@H](CO)C(=O)N1CC2(CCC(c3ccn(-c4ccccc4)n3)CC2)C1. The number of benzene rings is 1. The predicted molar refractivity (Wildman–Crippen MR) is 105 cm³/mol. The van der Waals surface area contributed by atoms with E-state index in [0.717, 1.165) is 44.5 Å². The third-order valence-electron chi connectivity index (χ3n) is 6.52. The minimum absolute atomic E-state index is 0.0367. The molecule has 1 saturated heterocycles. The second kappa shape index (κ2) is 7.47. The number of hydrogen-bond donors (Lipinski definition) is 1. The van der Waals surface area contributed by atoms with Gasteiger partial charge in [-0.05, 0) is 50.3 Å². The molecule has 2 heterocycles. The van der Waals surface area contributed by atoms with Crippen molar-refractivity contribution in [2.45, 2.75) is 44.9 Å². The molecule has 0 radical (unpaired) electrons. The molecular formula is C22H29N3O2. The van der Waals surface area contributed by atoms with E-state index in [-0.39, 0.29) is 18.4 Å². The fourth-order valence-electron chi connectivity index (χ4n) is 4.68. The summed E-state index contributed by atoms with van der Waals surface area (Å²) in [6.45, 7) is 3.67. The Balaban J connectivity index is 1.33. The molecule has 144 valence electrons. The van der Waals surface area contributed by atoms with Crippen LogP contribution in [0.25, 0.3) is 5.69 Å². The minimum Gasteiger partial charge on any atom is -0.396 e. The third kappa shape index (κ3) is 3.53. The van der Waals surface area contributed by atoms with Crippen molar-refractivity contribution in [1.82, 2.24) is 14.7 Å². The lowest BCUT2D eigenvalue weighted by atomic mass is 9.65. The highest BCUT2D eigenvalue weighted by Gasteiger charge is 2.47. The summed E-state index contributed by atoms with van der Waals surface area (Å²) in [5.74, 6) is 0.432. The molecule has 1 saturated carbocycles. The Bertz CT molecular complexity index is 766. The molecule has 0 unspecified atom stereocenters. The van der Waals surface area contributed by atoms with Crippen LogP contribution < -0.4 is 0 Å². The van der Waals surface area contributed by atoms with Crippen molar-refractivity contribution in [3.8, 4) is 5.69 Å². The molecule has 0 bridgehead atoms. The zero-order valence-electron chi connectivity index (χ0n) is 16.1. The molecule has 5 heteroatoms. The van der Waals surface area contributed by atoms with Crippen molar-refractivity contribution in [1.29, 1.82) is 0 Å². The molecule has 1 amide bonds. The number of aromatic nitrogens is 2. The normalized spacial score (nSPS) is 20.4. The first-order valence-corrected chi connectivity index (χ1v) is 10.1. The quantitative estimate of drug-likeness (QED) is 0.881. The average molecular weight is 367 g/mol.